The van der Waals surface area contributed by atoms with Crippen LogP contribution in [0.5, 0.6) is 0 Å². The monoisotopic (exact) mass is 304 g/mol. The van der Waals surface area contributed by atoms with Gasteiger partial charge >= 0.3 is 0 Å². The van der Waals surface area contributed by atoms with Crippen LogP contribution in [0.3, 0.4) is 0 Å². The van der Waals surface area contributed by atoms with Gasteiger partial charge in [0.15, 0.2) is 0 Å². The molecule has 21 heavy (non-hydrogen) atoms. The van der Waals surface area contributed by atoms with Crippen molar-refractivity contribution in [3.05, 3.63) is 41.7 Å². The van der Waals surface area contributed by atoms with Crippen LogP contribution >= 0.6 is 11.6 Å². The zero-order chi connectivity index (χ0) is 14.8. The van der Waals surface area contributed by atoms with Gasteiger partial charge in [0.05, 0.1) is 17.6 Å². The van der Waals surface area contributed by atoms with E-state index in [1.165, 1.54) is 0 Å². The minimum atomic E-state index is 0.749. The Bertz CT molecular complexity index is 641. The molecule has 1 aromatic carbocycles. The number of rotatable bonds is 4. The molecule has 0 spiro atoms. The Morgan fingerprint density at radius 3 is 2.76 bits per heavy atom. The number of aromatic nitrogens is 2. The molecule has 5 heteroatoms. The van der Waals surface area contributed by atoms with Crippen LogP contribution < -0.4 is 0 Å². The van der Waals surface area contributed by atoms with Crippen molar-refractivity contribution in [2.24, 2.45) is 0 Å². The molecule has 0 atom stereocenters. The number of allylic oxidation sites excluding steroid dienone is 1. The van der Waals surface area contributed by atoms with E-state index in [9.17, 15) is 0 Å². The minimum Gasteiger partial charge on any atom is -0.323 e. The molecule has 0 amide bonds. The van der Waals surface area contributed by atoms with Crippen LogP contribution in [0.2, 0.25) is 5.02 Å². The molecule has 0 unspecified atom stereocenters. The number of likely N-dealkylation sites (N-methyl/N-ethyl adjacent to an activating group) is 1. The van der Waals surface area contributed by atoms with Crippen LogP contribution in [0.4, 0.5) is 0 Å². The first kappa shape index (κ1) is 14.6. The van der Waals surface area contributed by atoms with Crippen LogP contribution in [0.1, 0.15) is 5.82 Å². The Labute approximate surface area is 130 Å². The third kappa shape index (κ3) is 3.12. The fourth-order valence-corrected chi connectivity index (χ4v) is 2.97. The van der Waals surface area contributed by atoms with Crippen molar-refractivity contribution in [1.29, 1.82) is 0 Å². The molecule has 0 radical (unpaired) electrons. The van der Waals surface area contributed by atoms with Crippen molar-refractivity contribution < 1.29 is 0 Å². The van der Waals surface area contributed by atoms with Gasteiger partial charge in [-0.3, -0.25) is 4.90 Å². The third-order valence-corrected chi connectivity index (χ3v) is 4.30. The Hall–Kier alpha value is -1.36. The number of imidazole rings is 1. The van der Waals surface area contributed by atoms with Gasteiger partial charge in [0.2, 0.25) is 0 Å². The number of hydrogen-bond acceptors (Lipinski definition) is 3. The van der Waals surface area contributed by atoms with E-state index in [4.69, 9.17) is 16.6 Å². The standard InChI is InChI=1S/C16H21ClN4/c1-3-6-21-15-11-13(17)4-5-14(15)18-16(21)12-20-9-7-19(2)8-10-20/h3-5,11H,1,6-10,12H2,2H3. The maximum absolute atomic E-state index is 6.13. The van der Waals surface area contributed by atoms with Gasteiger partial charge in [0.25, 0.3) is 0 Å². The van der Waals surface area contributed by atoms with Crippen LogP contribution in [-0.4, -0.2) is 52.6 Å². The van der Waals surface area contributed by atoms with Crippen molar-refractivity contribution in [2.45, 2.75) is 13.1 Å². The smallest absolute Gasteiger partial charge is 0.124 e. The predicted molar refractivity (Wildman–Crippen MR) is 87.7 cm³/mol. The molecule has 0 saturated carbocycles. The highest BCUT2D eigenvalue weighted by molar-refractivity contribution is 6.31. The van der Waals surface area contributed by atoms with E-state index >= 15 is 0 Å². The van der Waals surface area contributed by atoms with E-state index in [1.54, 1.807) is 0 Å². The van der Waals surface area contributed by atoms with Gasteiger partial charge < -0.3 is 9.47 Å². The molecule has 0 N–H and O–H groups in total. The molecule has 1 saturated heterocycles. The largest absolute Gasteiger partial charge is 0.323 e. The molecular formula is C16H21ClN4. The molecule has 1 aromatic heterocycles. The molecule has 1 fully saturated rings. The summed E-state index contributed by atoms with van der Waals surface area (Å²) in [6.07, 6.45) is 1.91. The Balaban J connectivity index is 1.90. The summed E-state index contributed by atoms with van der Waals surface area (Å²) >= 11 is 6.13. The van der Waals surface area contributed by atoms with Crippen LogP contribution in [-0.2, 0) is 13.1 Å². The lowest BCUT2D eigenvalue weighted by molar-refractivity contribution is 0.144. The molecule has 0 aliphatic carbocycles. The van der Waals surface area contributed by atoms with E-state index in [0.29, 0.717) is 0 Å². The second-order valence-electron chi connectivity index (χ2n) is 5.64. The minimum absolute atomic E-state index is 0.749. The molecule has 1 aliphatic heterocycles. The maximum atomic E-state index is 6.13. The van der Waals surface area contributed by atoms with E-state index in [0.717, 1.165) is 61.1 Å². The zero-order valence-electron chi connectivity index (χ0n) is 12.4. The summed E-state index contributed by atoms with van der Waals surface area (Å²) in [4.78, 5) is 9.61. The zero-order valence-corrected chi connectivity index (χ0v) is 13.2. The summed E-state index contributed by atoms with van der Waals surface area (Å²) in [5.74, 6) is 1.09. The van der Waals surface area contributed by atoms with Crippen molar-refractivity contribution in [3.63, 3.8) is 0 Å². The fraction of sp³-hybridized carbons (Fsp3) is 0.438. The SMILES string of the molecule is C=CCn1c(CN2CCN(C)CC2)nc2ccc(Cl)cc21. The van der Waals surface area contributed by atoms with Gasteiger partial charge in [-0.25, -0.2) is 4.98 Å². The summed E-state index contributed by atoms with van der Waals surface area (Å²) < 4.78 is 2.21. The number of nitrogens with zero attached hydrogens (tertiary/aromatic N) is 4. The molecular weight excluding hydrogens is 284 g/mol. The first-order valence-electron chi connectivity index (χ1n) is 7.34. The van der Waals surface area contributed by atoms with Gasteiger partial charge in [-0.1, -0.05) is 17.7 Å². The van der Waals surface area contributed by atoms with Crippen molar-refractivity contribution >= 4 is 22.6 Å². The molecule has 2 aromatic rings. The predicted octanol–water partition coefficient (Wildman–Crippen LogP) is 2.62. The molecule has 1 aliphatic rings. The summed E-state index contributed by atoms with van der Waals surface area (Å²) in [5, 5.41) is 0.749. The Morgan fingerprint density at radius 2 is 2.05 bits per heavy atom. The summed E-state index contributed by atoms with van der Waals surface area (Å²) in [6, 6.07) is 5.88. The highest BCUT2D eigenvalue weighted by Crippen LogP contribution is 2.22. The Kier molecular flexibility index (Phi) is 4.29. The van der Waals surface area contributed by atoms with E-state index in [1.807, 2.05) is 24.3 Å². The van der Waals surface area contributed by atoms with Gasteiger partial charge in [-0.05, 0) is 25.2 Å². The quantitative estimate of drug-likeness (QED) is 0.812. The molecule has 112 valence electrons. The highest BCUT2D eigenvalue weighted by Gasteiger charge is 2.17. The second-order valence-corrected chi connectivity index (χ2v) is 6.08. The van der Waals surface area contributed by atoms with Crippen LogP contribution in [0, 0.1) is 0 Å². The van der Waals surface area contributed by atoms with Gasteiger partial charge in [-0.15, -0.1) is 6.58 Å². The maximum Gasteiger partial charge on any atom is 0.124 e. The second kappa shape index (κ2) is 6.18. The number of benzene rings is 1. The fourth-order valence-electron chi connectivity index (χ4n) is 2.81. The lowest BCUT2D eigenvalue weighted by Gasteiger charge is -2.32. The van der Waals surface area contributed by atoms with Gasteiger partial charge in [0.1, 0.15) is 5.82 Å². The molecule has 0 bridgehead atoms. The van der Waals surface area contributed by atoms with E-state index in [2.05, 4.69) is 28.0 Å². The van der Waals surface area contributed by atoms with E-state index < -0.39 is 0 Å². The van der Waals surface area contributed by atoms with Crippen LogP contribution in [0.15, 0.2) is 30.9 Å². The average Bonchev–Trinajstić information content (AvgIpc) is 2.79. The number of fused-ring (bicyclic) bond motifs is 1. The topological polar surface area (TPSA) is 24.3 Å². The van der Waals surface area contributed by atoms with Gasteiger partial charge in [-0.2, -0.15) is 0 Å². The molecule has 3 rings (SSSR count). The summed E-state index contributed by atoms with van der Waals surface area (Å²) in [7, 11) is 2.17. The number of piperazine rings is 1. The van der Waals surface area contributed by atoms with Crippen molar-refractivity contribution in [2.75, 3.05) is 33.2 Å². The summed E-state index contributed by atoms with van der Waals surface area (Å²) in [6.45, 7) is 9.93. The Morgan fingerprint density at radius 1 is 1.29 bits per heavy atom. The average molecular weight is 305 g/mol. The number of halogens is 1. The van der Waals surface area contributed by atoms with E-state index in [-0.39, 0.29) is 0 Å². The van der Waals surface area contributed by atoms with Crippen LogP contribution in [0.25, 0.3) is 11.0 Å². The number of hydrogen-bond donors (Lipinski definition) is 0. The highest BCUT2D eigenvalue weighted by atomic mass is 35.5. The first-order valence-corrected chi connectivity index (χ1v) is 7.71. The van der Waals surface area contributed by atoms with Crippen molar-refractivity contribution in [1.82, 2.24) is 19.4 Å². The molecule has 2 heterocycles. The van der Waals surface area contributed by atoms with Gasteiger partial charge in [0, 0.05) is 37.7 Å². The normalized spacial score (nSPS) is 17.4. The lowest BCUT2D eigenvalue weighted by Crippen LogP contribution is -2.44. The first-order chi connectivity index (χ1) is 10.2. The molecule has 4 nitrogen and oxygen atoms in total. The third-order valence-electron chi connectivity index (χ3n) is 4.06. The van der Waals surface area contributed by atoms with Crippen molar-refractivity contribution in [3.8, 4) is 0 Å². The summed E-state index contributed by atoms with van der Waals surface area (Å²) in [5.41, 5.74) is 2.09. The lowest BCUT2D eigenvalue weighted by atomic mass is 10.3.